The number of amides is 2. The largest absolute Gasteiger partial charge is 0.379 e. The first kappa shape index (κ1) is 21.3. The van der Waals surface area contributed by atoms with E-state index in [0.29, 0.717) is 58.2 Å². The molecule has 2 fully saturated rings. The van der Waals surface area contributed by atoms with Gasteiger partial charge < -0.3 is 19.9 Å². The van der Waals surface area contributed by atoms with Gasteiger partial charge in [-0.3, -0.25) is 10.1 Å². The van der Waals surface area contributed by atoms with Crippen LogP contribution >= 0.6 is 0 Å². The van der Waals surface area contributed by atoms with Gasteiger partial charge in [0.15, 0.2) is 0 Å². The van der Waals surface area contributed by atoms with Crippen molar-refractivity contribution in [1.29, 1.82) is 0 Å². The predicted octanol–water partition coefficient (Wildman–Crippen LogP) is 0.0884. The quantitative estimate of drug-likeness (QED) is 0.504. The summed E-state index contributed by atoms with van der Waals surface area (Å²) in [6.45, 7) is 3.19. The third-order valence-electron chi connectivity index (χ3n) is 4.99. The number of carbonyl (C=O) groups is 1. The van der Waals surface area contributed by atoms with E-state index < -0.39 is 14.9 Å². The molecule has 0 saturated carbocycles. The Bertz CT molecular complexity index is 834. The number of hydrogen-bond donors (Lipinski definition) is 1. The maximum absolute atomic E-state index is 12.3. The summed E-state index contributed by atoms with van der Waals surface area (Å²) in [5.74, 6) is -0.158. The van der Waals surface area contributed by atoms with E-state index in [2.05, 4.69) is 5.32 Å². The van der Waals surface area contributed by atoms with Crippen molar-refractivity contribution in [3.05, 3.63) is 34.4 Å². The summed E-state index contributed by atoms with van der Waals surface area (Å²) in [6.07, 6.45) is 0. The molecule has 160 valence electrons. The molecule has 1 N–H and O–H groups in total. The van der Waals surface area contributed by atoms with Crippen molar-refractivity contribution >= 4 is 27.4 Å². The molecular formula is C17H25N5O6S. The van der Waals surface area contributed by atoms with Gasteiger partial charge in [0.2, 0.25) is 10.0 Å². The maximum atomic E-state index is 12.3. The summed E-state index contributed by atoms with van der Waals surface area (Å²) in [4.78, 5) is 26.6. The molecule has 2 saturated heterocycles. The Morgan fingerprint density at radius 1 is 1.10 bits per heavy atom. The van der Waals surface area contributed by atoms with E-state index in [9.17, 15) is 23.3 Å². The molecule has 1 aromatic carbocycles. The van der Waals surface area contributed by atoms with Crippen LogP contribution in [-0.2, 0) is 14.8 Å². The number of anilines is 1. The first-order valence-electron chi connectivity index (χ1n) is 9.45. The highest BCUT2D eigenvalue weighted by molar-refractivity contribution is 7.89. The molecule has 1 aromatic rings. The van der Waals surface area contributed by atoms with Crippen LogP contribution in [0.5, 0.6) is 0 Å². The molecule has 2 aliphatic rings. The fraction of sp³-hybridized carbons (Fsp3) is 0.588. The highest BCUT2D eigenvalue weighted by Gasteiger charge is 2.27. The molecule has 0 aliphatic carbocycles. The number of sulfonamides is 1. The molecule has 11 nitrogen and oxygen atoms in total. The van der Waals surface area contributed by atoms with Gasteiger partial charge in [-0.1, -0.05) is 12.1 Å². The van der Waals surface area contributed by atoms with Crippen molar-refractivity contribution in [2.75, 3.05) is 69.7 Å². The Labute approximate surface area is 169 Å². The molecule has 3 rings (SSSR count). The molecule has 29 heavy (non-hydrogen) atoms. The minimum Gasteiger partial charge on any atom is -0.379 e. The van der Waals surface area contributed by atoms with Gasteiger partial charge in [0, 0.05) is 51.9 Å². The SMILES string of the molecule is O=C(NCCS(=O)(=O)N1CCOCC1)N1CCN(c2ccccc2[N+](=O)[O-])CC1. The number of piperazine rings is 1. The number of urea groups is 1. The maximum Gasteiger partial charge on any atom is 0.317 e. The Morgan fingerprint density at radius 3 is 2.41 bits per heavy atom. The molecule has 2 amide bonds. The fourth-order valence-corrected chi connectivity index (χ4v) is 4.71. The van der Waals surface area contributed by atoms with Crippen molar-refractivity contribution in [3.63, 3.8) is 0 Å². The number of nitro benzene ring substituents is 1. The minimum atomic E-state index is -3.42. The van der Waals surface area contributed by atoms with Crippen LogP contribution in [-0.4, -0.2) is 93.4 Å². The molecule has 0 spiro atoms. The molecular weight excluding hydrogens is 402 g/mol. The third kappa shape index (κ3) is 5.34. The molecule has 0 radical (unpaired) electrons. The predicted molar refractivity (Wildman–Crippen MR) is 106 cm³/mol. The van der Waals surface area contributed by atoms with Crippen LogP contribution in [0.2, 0.25) is 0 Å². The van der Waals surface area contributed by atoms with E-state index in [1.165, 1.54) is 10.4 Å². The lowest BCUT2D eigenvalue weighted by Crippen LogP contribution is -2.52. The van der Waals surface area contributed by atoms with E-state index >= 15 is 0 Å². The van der Waals surface area contributed by atoms with Crippen LogP contribution in [0.1, 0.15) is 0 Å². The number of para-hydroxylation sites is 2. The van der Waals surface area contributed by atoms with Gasteiger partial charge in [-0.2, -0.15) is 4.31 Å². The van der Waals surface area contributed by atoms with E-state index in [1.807, 2.05) is 4.90 Å². The summed E-state index contributed by atoms with van der Waals surface area (Å²) >= 11 is 0. The average Bonchev–Trinajstić information content (AvgIpc) is 2.74. The van der Waals surface area contributed by atoms with Crippen molar-refractivity contribution in [2.45, 2.75) is 0 Å². The summed E-state index contributed by atoms with van der Waals surface area (Å²) < 4.78 is 31.1. The van der Waals surface area contributed by atoms with E-state index in [-0.39, 0.29) is 24.0 Å². The molecule has 0 bridgehead atoms. The number of rotatable bonds is 6. The lowest BCUT2D eigenvalue weighted by atomic mass is 10.2. The number of nitro groups is 1. The van der Waals surface area contributed by atoms with E-state index in [1.54, 1.807) is 23.1 Å². The van der Waals surface area contributed by atoms with Crippen LogP contribution < -0.4 is 10.2 Å². The summed E-state index contributed by atoms with van der Waals surface area (Å²) in [6, 6.07) is 6.20. The molecule has 0 atom stereocenters. The fourth-order valence-electron chi connectivity index (χ4n) is 3.39. The zero-order valence-electron chi connectivity index (χ0n) is 16.0. The van der Waals surface area contributed by atoms with Gasteiger partial charge in [-0.25, -0.2) is 13.2 Å². The Hall–Kier alpha value is -2.44. The number of benzene rings is 1. The standard InChI is InChI=1S/C17H25N5O6S/c23-17(18-5-14-29(26,27)21-10-12-28-13-11-21)20-8-6-19(7-9-20)15-3-1-2-4-16(15)22(24)25/h1-4H,5-14H2,(H,18,23). The number of morpholine rings is 1. The topological polar surface area (TPSA) is 125 Å². The van der Waals surface area contributed by atoms with Crippen LogP contribution in [0.3, 0.4) is 0 Å². The number of nitrogens with one attached hydrogen (secondary N) is 1. The second-order valence-corrected chi connectivity index (χ2v) is 8.87. The van der Waals surface area contributed by atoms with Gasteiger partial charge in [0.05, 0.1) is 23.9 Å². The lowest BCUT2D eigenvalue weighted by molar-refractivity contribution is -0.384. The monoisotopic (exact) mass is 427 g/mol. The van der Waals surface area contributed by atoms with E-state index in [4.69, 9.17) is 4.74 Å². The summed E-state index contributed by atoms with van der Waals surface area (Å²) in [7, 11) is -3.42. The van der Waals surface area contributed by atoms with Crippen LogP contribution in [0.15, 0.2) is 24.3 Å². The Morgan fingerprint density at radius 2 is 1.76 bits per heavy atom. The first-order chi connectivity index (χ1) is 13.9. The lowest BCUT2D eigenvalue weighted by Gasteiger charge is -2.35. The number of hydrogen-bond acceptors (Lipinski definition) is 7. The zero-order valence-corrected chi connectivity index (χ0v) is 16.8. The summed E-state index contributed by atoms with van der Waals surface area (Å²) in [5.41, 5.74) is 0.577. The highest BCUT2D eigenvalue weighted by atomic mass is 32.2. The van der Waals surface area contributed by atoms with Crippen molar-refractivity contribution in [3.8, 4) is 0 Å². The molecule has 0 aromatic heterocycles. The number of carbonyl (C=O) groups excluding carboxylic acids is 1. The van der Waals surface area contributed by atoms with Gasteiger partial charge in [-0.05, 0) is 6.07 Å². The molecule has 2 aliphatic heterocycles. The second-order valence-electron chi connectivity index (χ2n) is 6.78. The normalized spacial score (nSPS) is 18.5. The van der Waals surface area contributed by atoms with Crippen molar-refractivity contribution in [2.24, 2.45) is 0 Å². The Kier molecular flexibility index (Phi) is 6.87. The highest BCUT2D eigenvalue weighted by Crippen LogP contribution is 2.28. The van der Waals surface area contributed by atoms with Gasteiger partial charge in [0.25, 0.3) is 5.69 Å². The number of nitrogens with zero attached hydrogens (tertiary/aromatic N) is 4. The van der Waals surface area contributed by atoms with Crippen LogP contribution in [0.25, 0.3) is 0 Å². The first-order valence-corrected chi connectivity index (χ1v) is 11.1. The zero-order chi connectivity index (χ0) is 20.9. The van der Waals surface area contributed by atoms with Crippen molar-refractivity contribution in [1.82, 2.24) is 14.5 Å². The van der Waals surface area contributed by atoms with Gasteiger partial charge in [-0.15, -0.1) is 0 Å². The number of ether oxygens (including phenoxy) is 1. The van der Waals surface area contributed by atoms with Gasteiger partial charge >= 0.3 is 6.03 Å². The second kappa shape index (κ2) is 9.37. The third-order valence-corrected chi connectivity index (χ3v) is 6.86. The van der Waals surface area contributed by atoms with Crippen LogP contribution in [0, 0.1) is 10.1 Å². The Balaban J connectivity index is 1.46. The summed E-state index contributed by atoms with van der Waals surface area (Å²) in [5, 5.41) is 13.9. The molecule has 12 heteroatoms. The van der Waals surface area contributed by atoms with Gasteiger partial charge in [0.1, 0.15) is 5.69 Å². The molecule has 0 unspecified atom stereocenters. The minimum absolute atomic E-state index is 0.0306. The smallest absolute Gasteiger partial charge is 0.317 e. The van der Waals surface area contributed by atoms with E-state index in [0.717, 1.165) is 0 Å². The molecule has 2 heterocycles. The average molecular weight is 427 g/mol. The van der Waals surface area contributed by atoms with Crippen LogP contribution in [0.4, 0.5) is 16.2 Å². The van der Waals surface area contributed by atoms with Crippen molar-refractivity contribution < 1.29 is 22.9 Å².